The van der Waals surface area contributed by atoms with Crippen LogP contribution in [-0.4, -0.2) is 112 Å². The molecule has 6 unspecified atom stereocenters. The summed E-state index contributed by atoms with van der Waals surface area (Å²) in [5, 5.41) is 25.0. The zero-order valence-electron chi connectivity index (χ0n) is 31.3. The van der Waals surface area contributed by atoms with Crippen molar-refractivity contribution in [2.45, 2.75) is 133 Å². The van der Waals surface area contributed by atoms with Crippen molar-refractivity contribution in [1.29, 1.82) is 0 Å². The summed E-state index contributed by atoms with van der Waals surface area (Å²) in [7, 11) is 2.65. The summed E-state index contributed by atoms with van der Waals surface area (Å²) >= 11 is 0. The molecule has 19 heteroatoms. The molecule has 0 aromatic rings. The van der Waals surface area contributed by atoms with Gasteiger partial charge in [-0.25, -0.2) is 14.7 Å². The number of esters is 1. The highest BCUT2D eigenvalue weighted by Gasteiger charge is 2.71. The second-order valence-corrected chi connectivity index (χ2v) is 15.7. The maximum Gasteiger partial charge on any atom is 0.407 e. The summed E-state index contributed by atoms with van der Waals surface area (Å²) in [5.41, 5.74) is -4.27. The SMILES string of the molecule is COOCC1CCC(C(=O)O)C(C(=O)NC2CCC(OCC(COC3CCC(NC4CC(C(=O)OC)CCC4COO)CC3)(C(F)(F)F)C(F)(F)F)CC2)C1. The van der Waals surface area contributed by atoms with Gasteiger partial charge in [-0.05, 0) is 95.8 Å². The molecule has 4 N–H and O–H groups in total. The Morgan fingerprint density at radius 1 is 0.709 bits per heavy atom. The summed E-state index contributed by atoms with van der Waals surface area (Å²) in [6, 6.07) is -0.786. The number of carboxylic acid groups (broad SMARTS) is 1. The highest BCUT2D eigenvalue weighted by Crippen LogP contribution is 2.51. The highest BCUT2D eigenvalue weighted by molar-refractivity contribution is 5.85. The van der Waals surface area contributed by atoms with Gasteiger partial charge in [-0.15, -0.1) is 0 Å². The lowest BCUT2D eigenvalue weighted by Crippen LogP contribution is -2.57. The number of amides is 1. The molecule has 6 atom stereocenters. The van der Waals surface area contributed by atoms with Gasteiger partial charge in [0.25, 0.3) is 0 Å². The third kappa shape index (κ3) is 12.1. The molecule has 0 aromatic carbocycles. The van der Waals surface area contributed by atoms with Crippen molar-refractivity contribution in [1.82, 2.24) is 10.6 Å². The molecule has 0 saturated heterocycles. The molecule has 4 aliphatic rings. The molecule has 0 radical (unpaired) electrons. The number of rotatable bonds is 17. The summed E-state index contributed by atoms with van der Waals surface area (Å²) in [6.45, 7) is -3.09. The van der Waals surface area contributed by atoms with Gasteiger partial charge in [-0.2, -0.15) is 26.3 Å². The zero-order valence-corrected chi connectivity index (χ0v) is 31.3. The molecule has 0 aromatic heterocycles. The predicted octanol–water partition coefficient (Wildman–Crippen LogP) is 5.60. The van der Waals surface area contributed by atoms with Crippen LogP contribution >= 0.6 is 0 Å². The van der Waals surface area contributed by atoms with Crippen LogP contribution in [0, 0.1) is 35.0 Å². The third-order valence-corrected chi connectivity index (χ3v) is 12.2. The van der Waals surface area contributed by atoms with Crippen LogP contribution < -0.4 is 10.6 Å². The number of carboxylic acids is 1. The molecule has 4 aliphatic carbocycles. The highest BCUT2D eigenvalue weighted by atomic mass is 19.4. The number of nitrogens with one attached hydrogen (secondary N) is 2. The van der Waals surface area contributed by atoms with Gasteiger partial charge in [-0.3, -0.25) is 19.6 Å². The number of carbonyl (C=O) groups is 3. The summed E-state index contributed by atoms with van der Waals surface area (Å²) in [6.07, 6.45) is -8.65. The van der Waals surface area contributed by atoms with E-state index in [0.29, 0.717) is 38.5 Å². The Hall–Kier alpha value is -2.29. The fourth-order valence-corrected chi connectivity index (χ4v) is 8.70. The predicted molar refractivity (Wildman–Crippen MR) is 180 cm³/mol. The molecule has 1 amide bonds. The van der Waals surface area contributed by atoms with Crippen LogP contribution in [0.25, 0.3) is 0 Å². The van der Waals surface area contributed by atoms with Crippen molar-refractivity contribution in [3.05, 3.63) is 0 Å². The lowest BCUT2D eigenvalue weighted by atomic mass is 9.73. The van der Waals surface area contributed by atoms with Crippen LogP contribution in [0.15, 0.2) is 0 Å². The minimum Gasteiger partial charge on any atom is -0.481 e. The van der Waals surface area contributed by atoms with Gasteiger partial charge < -0.3 is 30.0 Å². The Morgan fingerprint density at radius 3 is 1.80 bits per heavy atom. The minimum absolute atomic E-state index is 0.0450. The molecule has 4 saturated carbocycles. The maximum atomic E-state index is 14.4. The first-order valence-electron chi connectivity index (χ1n) is 19.2. The Morgan fingerprint density at radius 2 is 1.29 bits per heavy atom. The van der Waals surface area contributed by atoms with E-state index in [-0.39, 0.29) is 100 Å². The molecule has 13 nitrogen and oxygen atoms in total. The van der Waals surface area contributed by atoms with Gasteiger partial charge in [0.15, 0.2) is 0 Å². The monoisotopic (exact) mass is 806 g/mol. The standard InChI is InChI=1S/C36H56F6N2O11/c1-50-33(48)22-4-5-23(18-54-49)30(16-22)43-24-6-10-26(11-7-24)52-19-34(35(37,38)39,36(40,41)42)20-53-27-12-8-25(9-13-27)44-31(45)29-15-21(17-55-51-2)3-14-28(29)32(46)47/h21-30,43,49H,3-20H2,1-2H3,(H,44,45)(H,46,47). The number of methoxy groups -OCH3 is 1. The fraction of sp³-hybridized carbons (Fsp3) is 0.917. The number of alkyl halides is 6. The Kier molecular flexibility index (Phi) is 16.9. The number of hydrogen-bond donors (Lipinski definition) is 4. The molecule has 0 bridgehead atoms. The van der Waals surface area contributed by atoms with Crippen molar-refractivity contribution >= 4 is 17.8 Å². The smallest absolute Gasteiger partial charge is 0.407 e. The minimum atomic E-state index is -5.73. The molecule has 55 heavy (non-hydrogen) atoms. The van der Waals surface area contributed by atoms with E-state index in [1.54, 1.807) is 0 Å². The fourth-order valence-electron chi connectivity index (χ4n) is 8.70. The number of halogens is 6. The number of aliphatic carboxylic acids is 1. The summed E-state index contributed by atoms with van der Waals surface area (Å²) in [4.78, 5) is 51.2. The lowest BCUT2D eigenvalue weighted by molar-refractivity contribution is -0.368. The van der Waals surface area contributed by atoms with E-state index in [9.17, 15) is 45.8 Å². The molecular weight excluding hydrogens is 750 g/mol. The van der Waals surface area contributed by atoms with Crippen LogP contribution in [0.5, 0.6) is 0 Å². The van der Waals surface area contributed by atoms with Crippen LogP contribution in [0.1, 0.15) is 89.9 Å². The van der Waals surface area contributed by atoms with E-state index in [1.807, 2.05) is 0 Å². The number of hydrogen-bond acceptors (Lipinski definition) is 11. The van der Waals surface area contributed by atoms with Crippen molar-refractivity contribution in [3.63, 3.8) is 0 Å². The molecule has 0 spiro atoms. The zero-order chi connectivity index (χ0) is 40.4. The summed E-state index contributed by atoms with van der Waals surface area (Å²) in [5.74, 6) is -4.16. The van der Waals surface area contributed by atoms with Gasteiger partial charge in [-0.1, -0.05) is 0 Å². The van der Waals surface area contributed by atoms with Crippen molar-refractivity contribution in [3.8, 4) is 0 Å². The van der Waals surface area contributed by atoms with Crippen molar-refractivity contribution in [2.75, 3.05) is 40.6 Å². The first-order valence-corrected chi connectivity index (χ1v) is 19.2. The largest absolute Gasteiger partial charge is 0.481 e. The van der Waals surface area contributed by atoms with Gasteiger partial charge in [0.1, 0.15) is 0 Å². The van der Waals surface area contributed by atoms with Crippen LogP contribution in [-0.2, 0) is 43.3 Å². The van der Waals surface area contributed by atoms with Gasteiger partial charge in [0.2, 0.25) is 11.3 Å². The van der Waals surface area contributed by atoms with E-state index >= 15 is 0 Å². The lowest BCUT2D eigenvalue weighted by Gasteiger charge is -2.41. The Bertz CT molecular complexity index is 1210. The van der Waals surface area contributed by atoms with Crippen LogP contribution in [0.2, 0.25) is 0 Å². The molecule has 0 heterocycles. The first kappa shape index (κ1) is 45.4. The van der Waals surface area contributed by atoms with Crippen molar-refractivity contribution < 1.29 is 80.0 Å². The number of carbonyl (C=O) groups excluding carboxylic acids is 2. The second-order valence-electron chi connectivity index (χ2n) is 15.7. The number of ether oxygens (including phenoxy) is 3. The van der Waals surface area contributed by atoms with Crippen molar-refractivity contribution in [2.24, 2.45) is 35.0 Å². The second kappa shape index (κ2) is 20.4. The first-order chi connectivity index (χ1) is 26.0. The molecule has 0 aliphatic heterocycles. The van der Waals surface area contributed by atoms with Gasteiger partial charge in [0.05, 0.1) is 70.6 Å². The van der Waals surface area contributed by atoms with E-state index in [2.05, 4.69) is 20.4 Å². The van der Waals surface area contributed by atoms with Gasteiger partial charge >= 0.3 is 24.3 Å². The summed E-state index contributed by atoms with van der Waals surface area (Å²) < 4.78 is 102. The molecule has 318 valence electrons. The van der Waals surface area contributed by atoms with E-state index in [0.717, 1.165) is 0 Å². The topological polar surface area (TPSA) is 171 Å². The average molecular weight is 807 g/mol. The van der Waals surface area contributed by atoms with E-state index in [1.165, 1.54) is 14.2 Å². The Labute approximate surface area is 316 Å². The quantitative estimate of drug-likeness (QED) is 0.0622. The van der Waals surface area contributed by atoms with Crippen LogP contribution in [0.3, 0.4) is 0 Å². The maximum absolute atomic E-state index is 14.4. The average Bonchev–Trinajstić information content (AvgIpc) is 3.14. The van der Waals surface area contributed by atoms with E-state index < -0.39 is 72.9 Å². The van der Waals surface area contributed by atoms with Crippen LogP contribution in [0.4, 0.5) is 26.3 Å². The third-order valence-electron chi connectivity index (χ3n) is 12.2. The molecule has 4 fully saturated rings. The van der Waals surface area contributed by atoms with Gasteiger partial charge in [0, 0.05) is 24.0 Å². The Balaban J connectivity index is 1.28. The molecular formula is C36H56F6N2O11. The van der Waals surface area contributed by atoms with E-state index in [4.69, 9.17) is 24.4 Å². The normalized spacial score (nSPS) is 32.5. The molecule has 4 rings (SSSR count).